The molecule has 1 heterocycles. The smallest absolute Gasteiger partial charge is 0.138 e. The predicted octanol–water partition coefficient (Wildman–Crippen LogP) is 2.74. The molecule has 1 aliphatic heterocycles. The minimum absolute atomic E-state index is 0.190. The minimum Gasteiger partial charge on any atom is -0.506 e. The number of hydrogen-bond donors (Lipinski definition) is 2. The topological polar surface area (TPSA) is 49.5 Å². The number of benzene rings is 1. The number of aromatic hydroxyl groups is 1. The highest BCUT2D eigenvalue weighted by Crippen LogP contribution is 2.37. The number of likely N-dealkylation sites (tertiary alicyclic amines) is 1. The molecule has 1 saturated carbocycles. The Morgan fingerprint density at radius 1 is 1.22 bits per heavy atom. The average Bonchev–Trinajstić information content (AvgIpc) is 2.78. The van der Waals surface area contributed by atoms with Crippen LogP contribution in [0.5, 0.6) is 5.75 Å². The van der Waals surface area contributed by atoms with E-state index in [1.165, 1.54) is 44.2 Å². The average molecular weight is 246 g/mol. The van der Waals surface area contributed by atoms with Crippen molar-refractivity contribution < 1.29 is 5.11 Å². The van der Waals surface area contributed by atoms with Crippen LogP contribution >= 0.6 is 0 Å². The summed E-state index contributed by atoms with van der Waals surface area (Å²) in [5, 5.41) is 9.45. The third-order valence-corrected chi connectivity index (χ3v) is 4.60. The summed E-state index contributed by atoms with van der Waals surface area (Å²) in [6.07, 6.45) is 6.94. The van der Waals surface area contributed by atoms with Crippen LogP contribution in [-0.2, 0) is 6.54 Å². The Labute approximate surface area is 109 Å². The first-order valence-electron chi connectivity index (χ1n) is 7.05. The summed E-state index contributed by atoms with van der Waals surface area (Å²) < 4.78 is 0. The first-order valence-corrected chi connectivity index (χ1v) is 7.05. The van der Waals surface area contributed by atoms with Gasteiger partial charge in [-0.25, -0.2) is 0 Å². The lowest BCUT2D eigenvalue weighted by molar-refractivity contribution is 0.176. The van der Waals surface area contributed by atoms with Crippen LogP contribution < -0.4 is 5.73 Å². The van der Waals surface area contributed by atoms with Crippen molar-refractivity contribution in [2.24, 2.45) is 5.92 Å². The number of nitrogens with two attached hydrogens (primary N) is 1. The number of phenolic OH excluding ortho intramolecular Hbond substituents is 1. The highest BCUT2D eigenvalue weighted by Gasteiger charge is 2.35. The summed E-state index contributed by atoms with van der Waals surface area (Å²) >= 11 is 0. The van der Waals surface area contributed by atoms with Crippen LogP contribution in [0.4, 0.5) is 5.69 Å². The Hall–Kier alpha value is -1.22. The van der Waals surface area contributed by atoms with Gasteiger partial charge in [-0.05, 0) is 49.4 Å². The maximum absolute atomic E-state index is 9.45. The van der Waals surface area contributed by atoms with Crippen LogP contribution in [0.25, 0.3) is 0 Å². The zero-order valence-electron chi connectivity index (χ0n) is 10.8. The van der Waals surface area contributed by atoms with E-state index < -0.39 is 0 Å². The molecule has 2 atom stereocenters. The molecule has 0 amide bonds. The summed E-state index contributed by atoms with van der Waals surface area (Å²) in [6, 6.07) is 6.39. The van der Waals surface area contributed by atoms with Gasteiger partial charge in [0.05, 0.1) is 5.69 Å². The van der Waals surface area contributed by atoms with E-state index in [1.807, 2.05) is 12.1 Å². The van der Waals surface area contributed by atoms with Crippen molar-refractivity contribution in [2.45, 2.75) is 44.7 Å². The maximum atomic E-state index is 9.45. The molecule has 1 saturated heterocycles. The number of rotatable bonds is 2. The highest BCUT2D eigenvalue weighted by molar-refractivity contribution is 5.53. The molecule has 0 bridgehead atoms. The largest absolute Gasteiger partial charge is 0.506 e. The van der Waals surface area contributed by atoms with Gasteiger partial charge < -0.3 is 10.8 Å². The molecule has 1 aliphatic carbocycles. The fraction of sp³-hybridized carbons (Fsp3) is 0.600. The van der Waals surface area contributed by atoms with Crippen molar-refractivity contribution in [3.63, 3.8) is 0 Å². The second-order valence-corrected chi connectivity index (χ2v) is 5.76. The van der Waals surface area contributed by atoms with E-state index >= 15 is 0 Å². The van der Waals surface area contributed by atoms with Crippen molar-refractivity contribution in [1.82, 2.24) is 4.90 Å². The number of fused-ring (bicyclic) bond motifs is 1. The Morgan fingerprint density at radius 2 is 2.06 bits per heavy atom. The van der Waals surface area contributed by atoms with Crippen LogP contribution in [0.1, 0.15) is 37.7 Å². The van der Waals surface area contributed by atoms with Gasteiger partial charge in [0.15, 0.2) is 0 Å². The standard InChI is InChI=1S/C15H22N2O/c16-13-9-11(5-6-15(13)18)10-17-8-7-12-3-1-2-4-14(12)17/h5-6,9,12,14,18H,1-4,7-8,10,16H2. The van der Waals surface area contributed by atoms with Gasteiger partial charge in [-0.2, -0.15) is 0 Å². The fourth-order valence-corrected chi connectivity index (χ4v) is 3.64. The molecule has 98 valence electrons. The Bertz CT molecular complexity index is 433. The summed E-state index contributed by atoms with van der Waals surface area (Å²) in [5.74, 6) is 1.11. The zero-order valence-corrected chi connectivity index (χ0v) is 10.8. The summed E-state index contributed by atoms with van der Waals surface area (Å²) in [4.78, 5) is 2.61. The first kappa shape index (κ1) is 11.8. The van der Waals surface area contributed by atoms with Crippen molar-refractivity contribution in [3.05, 3.63) is 23.8 Å². The van der Waals surface area contributed by atoms with Crippen LogP contribution in [0.3, 0.4) is 0 Å². The van der Waals surface area contributed by atoms with E-state index in [9.17, 15) is 5.11 Å². The second kappa shape index (κ2) is 4.81. The van der Waals surface area contributed by atoms with Gasteiger partial charge in [-0.1, -0.05) is 18.9 Å². The third kappa shape index (κ3) is 2.19. The van der Waals surface area contributed by atoms with Gasteiger partial charge in [-0.15, -0.1) is 0 Å². The van der Waals surface area contributed by atoms with E-state index in [1.54, 1.807) is 6.07 Å². The molecule has 2 unspecified atom stereocenters. The third-order valence-electron chi connectivity index (χ3n) is 4.60. The molecular formula is C15H22N2O. The number of nitrogen functional groups attached to an aromatic ring is 1. The number of hydrogen-bond acceptors (Lipinski definition) is 3. The van der Waals surface area contributed by atoms with Crippen LogP contribution in [0, 0.1) is 5.92 Å². The summed E-state index contributed by atoms with van der Waals surface area (Å²) in [7, 11) is 0. The lowest BCUT2D eigenvalue weighted by Crippen LogP contribution is -2.34. The normalized spacial score (nSPS) is 28.2. The molecule has 3 N–H and O–H groups in total. The Kier molecular flexibility index (Phi) is 3.16. The molecule has 3 heteroatoms. The molecule has 0 aromatic heterocycles. The van der Waals surface area contributed by atoms with Gasteiger partial charge >= 0.3 is 0 Å². The molecule has 3 rings (SSSR count). The lowest BCUT2D eigenvalue weighted by Gasteiger charge is -2.31. The molecule has 3 nitrogen and oxygen atoms in total. The second-order valence-electron chi connectivity index (χ2n) is 5.76. The molecular weight excluding hydrogens is 224 g/mol. The quantitative estimate of drug-likeness (QED) is 0.623. The van der Waals surface area contributed by atoms with Gasteiger partial charge in [0.2, 0.25) is 0 Å². The van der Waals surface area contributed by atoms with Crippen LogP contribution in [0.2, 0.25) is 0 Å². The van der Waals surface area contributed by atoms with Gasteiger partial charge in [-0.3, -0.25) is 4.90 Å². The Balaban J connectivity index is 1.70. The lowest BCUT2D eigenvalue weighted by atomic mass is 9.85. The minimum atomic E-state index is 0.190. The number of anilines is 1. The zero-order chi connectivity index (χ0) is 12.5. The van der Waals surface area contributed by atoms with E-state index in [-0.39, 0.29) is 5.75 Å². The first-order chi connectivity index (χ1) is 8.74. The molecule has 0 radical (unpaired) electrons. The van der Waals surface area contributed by atoms with Crippen molar-refractivity contribution >= 4 is 5.69 Å². The fourth-order valence-electron chi connectivity index (χ4n) is 3.64. The molecule has 1 aromatic carbocycles. The van der Waals surface area contributed by atoms with Crippen molar-refractivity contribution in [1.29, 1.82) is 0 Å². The van der Waals surface area contributed by atoms with Crippen molar-refractivity contribution in [3.8, 4) is 5.75 Å². The van der Waals surface area contributed by atoms with Crippen LogP contribution in [-0.4, -0.2) is 22.6 Å². The molecule has 1 aromatic rings. The number of phenols is 1. The van der Waals surface area contributed by atoms with Crippen molar-refractivity contribution in [2.75, 3.05) is 12.3 Å². The van der Waals surface area contributed by atoms with Gasteiger partial charge in [0, 0.05) is 12.6 Å². The van der Waals surface area contributed by atoms with E-state index in [0.717, 1.165) is 18.5 Å². The molecule has 2 aliphatic rings. The van der Waals surface area contributed by atoms with E-state index in [0.29, 0.717) is 5.69 Å². The van der Waals surface area contributed by atoms with Gasteiger partial charge in [0.25, 0.3) is 0 Å². The highest BCUT2D eigenvalue weighted by atomic mass is 16.3. The summed E-state index contributed by atoms with van der Waals surface area (Å²) in [6.45, 7) is 2.20. The summed E-state index contributed by atoms with van der Waals surface area (Å²) in [5.41, 5.74) is 7.47. The molecule has 2 fully saturated rings. The number of nitrogens with zero attached hydrogens (tertiary/aromatic N) is 1. The molecule has 18 heavy (non-hydrogen) atoms. The Morgan fingerprint density at radius 3 is 2.89 bits per heavy atom. The van der Waals surface area contributed by atoms with Gasteiger partial charge in [0.1, 0.15) is 5.75 Å². The van der Waals surface area contributed by atoms with E-state index in [4.69, 9.17) is 5.73 Å². The monoisotopic (exact) mass is 246 g/mol. The van der Waals surface area contributed by atoms with Crippen LogP contribution in [0.15, 0.2) is 18.2 Å². The SMILES string of the molecule is Nc1cc(CN2CCC3CCCCC32)ccc1O. The van der Waals surface area contributed by atoms with E-state index in [2.05, 4.69) is 4.90 Å². The maximum Gasteiger partial charge on any atom is 0.138 e. The molecule has 0 spiro atoms. The predicted molar refractivity (Wildman–Crippen MR) is 73.3 cm³/mol.